The maximum Gasteiger partial charge on any atom is 0.342 e. The van der Waals surface area contributed by atoms with Gasteiger partial charge < -0.3 is 20.3 Å². The van der Waals surface area contributed by atoms with Crippen molar-refractivity contribution in [2.24, 2.45) is 5.92 Å². The minimum Gasteiger partial charge on any atom is -0.464 e. The Bertz CT molecular complexity index is 919. The minimum atomic E-state index is -1.74. The van der Waals surface area contributed by atoms with Crippen LogP contribution in [0.15, 0.2) is 60.7 Å². The van der Waals surface area contributed by atoms with Crippen molar-refractivity contribution in [1.82, 2.24) is 15.5 Å². The number of carbonyl (C=O) groups is 3. The van der Waals surface area contributed by atoms with Gasteiger partial charge in [-0.15, -0.1) is 0 Å². The zero-order valence-corrected chi connectivity index (χ0v) is 18.1. The summed E-state index contributed by atoms with van der Waals surface area (Å²) in [5.74, 6) is -2.20. The van der Waals surface area contributed by atoms with Crippen LogP contribution in [-0.2, 0) is 32.2 Å². The third-order valence-corrected chi connectivity index (χ3v) is 5.88. The second kappa shape index (κ2) is 9.75. The molecule has 0 radical (unpaired) electrons. The number of rotatable bonds is 8. The summed E-state index contributed by atoms with van der Waals surface area (Å²) in [6.07, 6.45) is 0. The highest BCUT2D eigenvalue weighted by molar-refractivity contribution is 6.13. The number of ether oxygens (including phenoxy) is 1. The molecule has 1 fully saturated rings. The van der Waals surface area contributed by atoms with Crippen molar-refractivity contribution >= 4 is 17.8 Å². The molecular formula is C24H29N3O4. The predicted molar refractivity (Wildman–Crippen MR) is 117 cm³/mol. The van der Waals surface area contributed by atoms with Gasteiger partial charge in [-0.3, -0.25) is 9.59 Å². The molecule has 7 nitrogen and oxygen atoms in total. The van der Waals surface area contributed by atoms with Crippen LogP contribution >= 0.6 is 0 Å². The van der Waals surface area contributed by atoms with Crippen LogP contribution in [0.5, 0.6) is 0 Å². The molecule has 1 aliphatic heterocycles. The van der Waals surface area contributed by atoms with Gasteiger partial charge in [0.15, 0.2) is 0 Å². The maximum atomic E-state index is 13.4. The molecular weight excluding hydrogens is 394 g/mol. The van der Waals surface area contributed by atoms with Crippen LogP contribution in [-0.4, -0.2) is 47.9 Å². The number of likely N-dealkylation sites (tertiary alicyclic amines) is 1. The zero-order chi connectivity index (χ0) is 22.4. The number of nitrogens with one attached hydrogen (secondary N) is 2. The van der Waals surface area contributed by atoms with Gasteiger partial charge in [0.25, 0.3) is 5.91 Å². The van der Waals surface area contributed by atoms with E-state index in [4.69, 9.17) is 4.74 Å². The Morgan fingerprint density at radius 1 is 1.00 bits per heavy atom. The monoisotopic (exact) mass is 423 g/mol. The molecule has 1 heterocycles. The lowest BCUT2D eigenvalue weighted by atomic mass is 9.82. The number of amides is 2. The molecule has 3 atom stereocenters. The predicted octanol–water partition coefficient (Wildman–Crippen LogP) is 1.87. The van der Waals surface area contributed by atoms with Gasteiger partial charge in [-0.1, -0.05) is 67.6 Å². The van der Waals surface area contributed by atoms with Gasteiger partial charge in [0.2, 0.25) is 11.4 Å². The van der Waals surface area contributed by atoms with Crippen molar-refractivity contribution in [3.8, 4) is 0 Å². The molecule has 1 aliphatic rings. The zero-order valence-electron chi connectivity index (χ0n) is 18.1. The summed E-state index contributed by atoms with van der Waals surface area (Å²) < 4.78 is 5.28. The lowest BCUT2D eigenvalue weighted by Gasteiger charge is -2.35. The van der Waals surface area contributed by atoms with E-state index in [1.807, 2.05) is 60.7 Å². The number of benzene rings is 2. The summed E-state index contributed by atoms with van der Waals surface area (Å²) >= 11 is 0. The highest BCUT2D eigenvalue weighted by atomic mass is 16.5. The third kappa shape index (κ3) is 4.32. The smallest absolute Gasteiger partial charge is 0.342 e. The quantitative estimate of drug-likeness (QED) is 0.500. The topological polar surface area (TPSA) is 87.7 Å². The van der Waals surface area contributed by atoms with E-state index >= 15 is 0 Å². The third-order valence-electron chi connectivity index (χ3n) is 5.88. The normalized spacial score (nSPS) is 22.9. The van der Waals surface area contributed by atoms with Crippen molar-refractivity contribution < 1.29 is 19.1 Å². The lowest BCUT2D eigenvalue weighted by Crippen LogP contribution is -2.63. The van der Waals surface area contributed by atoms with E-state index < -0.39 is 29.4 Å². The minimum absolute atomic E-state index is 0.114. The number of hydrogen-bond acceptors (Lipinski definition) is 5. The molecule has 0 bridgehead atoms. The standard InChI is InChI=1S/C24H29N3O4/c1-4-31-23(30)24(22(29)26-16-19-13-9-6-10-14-19)17(2)20(21(28)27(24)3)25-15-18-11-7-5-8-12-18/h5-14,17,20,25H,4,15-16H2,1-3H3,(H,26,29). The average Bonchev–Trinajstić information content (AvgIpc) is 2.98. The number of hydrogen-bond donors (Lipinski definition) is 2. The summed E-state index contributed by atoms with van der Waals surface area (Å²) in [4.78, 5) is 40.9. The Hall–Kier alpha value is -3.19. The molecule has 3 unspecified atom stereocenters. The highest BCUT2D eigenvalue weighted by Gasteiger charge is 2.65. The average molecular weight is 424 g/mol. The van der Waals surface area contributed by atoms with Crippen LogP contribution in [0.2, 0.25) is 0 Å². The molecule has 164 valence electrons. The second-order valence-corrected chi connectivity index (χ2v) is 7.69. The largest absolute Gasteiger partial charge is 0.464 e. The molecule has 31 heavy (non-hydrogen) atoms. The van der Waals surface area contributed by atoms with E-state index in [2.05, 4.69) is 10.6 Å². The first-order valence-corrected chi connectivity index (χ1v) is 10.5. The maximum absolute atomic E-state index is 13.4. The molecule has 1 saturated heterocycles. The summed E-state index contributed by atoms with van der Waals surface area (Å²) in [5.41, 5.74) is 0.163. The van der Waals surface area contributed by atoms with E-state index in [0.717, 1.165) is 11.1 Å². The molecule has 2 amide bonds. The molecule has 3 rings (SSSR count). The van der Waals surface area contributed by atoms with Gasteiger partial charge in [0.1, 0.15) is 0 Å². The Kier molecular flexibility index (Phi) is 7.07. The first-order chi connectivity index (χ1) is 14.9. The highest BCUT2D eigenvalue weighted by Crippen LogP contribution is 2.37. The Balaban J connectivity index is 1.85. The van der Waals surface area contributed by atoms with Crippen LogP contribution in [0.1, 0.15) is 25.0 Å². The van der Waals surface area contributed by atoms with E-state index in [0.29, 0.717) is 6.54 Å². The number of likely N-dealkylation sites (N-methyl/N-ethyl adjacent to an activating group) is 1. The van der Waals surface area contributed by atoms with Crippen LogP contribution in [0, 0.1) is 5.92 Å². The number of carbonyl (C=O) groups excluding carboxylic acids is 3. The van der Waals surface area contributed by atoms with Crippen LogP contribution in [0.4, 0.5) is 0 Å². The van der Waals surface area contributed by atoms with Crippen LogP contribution in [0.3, 0.4) is 0 Å². The molecule has 2 N–H and O–H groups in total. The van der Waals surface area contributed by atoms with Crippen molar-refractivity contribution in [2.45, 2.75) is 38.5 Å². The molecule has 0 spiro atoms. The SMILES string of the molecule is CCOC(=O)C1(C(=O)NCc2ccccc2)C(C)C(NCc2ccccc2)C(=O)N1C. The summed E-state index contributed by atoms with van der Waals surface area (Å²) in [6, 6.07) is 18.4. The first-order valence-electron chi connectivity index (χ1n) is 10.5. The molecule has 2 aromatic rings. The summed E-state index contributed by atoms with van der Waals surface area (Å²) in [5, 5.41) is 6.06. The van der Waals surface area contributed by atoms with Crippen LogP contribution in [0.25, 0.3) is 0 Å². The van der Waals surface area contributed by atoms with Crippen LogP contribution < -0.4 is 10.6 Å². The van der Waals surface area contributed by atoms with E-state index in [-0.39, 0.29) is 19.1 Å². The Labute approximate surface area is 182 Å². The van der Waals surface area contributed by atoms with Gasteiger partial charge in [-0.2, -0.15) is 0 Å². The second-order valence-electron chi connectivity index (χ2n) is 7.69. The van der Waals surface area contributed by atoms with Crippen molar-refractivity contribution in [3.63, 3.8) is 0 Å². The fourth-order valence-electron chi connectivity index (χ4n) is 4.16. The van der Waals surface area contributed by atoms with E-state index in [9.17, 15) is 14.4 Å². The van der Waals surface area contributed by atoms with Gasteiger partial charge in [-0.05, 0) is 18.1 Å². The first kappa shape index (κ1) is 22.5. The number of nitrogens with zero attached hydrogens (tertiary/aromatic N) is 1. The summed E-state index contributed by atoms with van der Waals surface area (Å²) in [6.45, 7) is 4.23. The fraction of sp³-hybridized carbons (Fsp3) is 0.375. The van der Waals surface area contributed by atoms with Gasteiger partial charge in [0, 0.05) is 26.1 Å². The van der Waals surface area contributed by atoms with Gasteiger partial charge in [0.05, 0.1) is 12.6 Å². The van der Waals surface area contributed by atoms with Gasteiger partial charge >= 0.3 is 5.97 Å². The van der Waals surface area contributed by atoms with Crippen molar-refractivity contribution in [2.75, 3.05) is 13.7 Å². The number of esters is 1. The van der Waals surface area contributed by atoms with Crippen molar-refractivity contribution in [1.29, 1.82) is 0 Å². The Morgan fingerprint density at radius 3 is 2.10 bits per heavy atom. The molecule has 0 aliphatic carbocycles. The summed E-state index contributed by atoms with van der Waals surface area (Å²) in [7, 11) is 1.49. The van der Waals surface area contributed by atoms with Crippen molar-refractivity contribution in [3.05, 3.63) is 71.8 Å². The van der Waals surface area contributed by atoms with Gasteiger partial charge in [-0.25, -0.2) is 4.79 Å². The Morgan fingerprint density at radius 2 is 1.55 bits per heavy atom. The molecule has 0 saturated carbocycles. The molecule has 7 heteroatoms. The molecule has 0 aromatic heterocycles. The molecule has 2 aromatic carbocycles. The van der Waals surface area contributed by atoms with E-state index in [1.165, 1.54) is 11.9 Å². The van der Waals surface area contributed by atoms with E-state index in [1.54, 1.807) is 13.8 Å². The fourth-order valence-corrected chi connectivity index (χ4v) is 4.16. The lowest BCUT2D eigenvalue weighted by molar-refractivity contribution is -0.166.